The van der Waals surface area contributed by atoms with Gasteiger partial charge in [0.25, 0.3) is 0 Å². The molecule has 1 aromatic rings. The molecule has 1 aliphatic carbocycles. The molecule has 1 heterocycles. The number of rotatable bonds is 4. The molecule has 0 radical (unpaired) electrons. The summed E-state index contributed by atoms with van der Waals surface area (Å²) in [6.45, 7) is 2.33. The molecule has 0 spiro atoms. The quantitative estimate of drug-likeness (QED) is 0.905. The van der Waals surface area contributed by atoms with Crippen molar-refractivity contribution in [3.63, 3.8) is 0 Å². The summed E-state index contributed by atoms with van der Waals surface area (Å²) in [4.78, 5) is 25.9. The van der Waals surface area contributed by atoms with Crippen LogP contribution in [0.3, 0.4) is 0 Å². The molecule has 1 atom stereocenters. The molecule has 2 aliphatic rings. The van der Waals surface area contributed by atoms with Crippen LogP contribution in [0.5, 0.6) is 0 Å². The molecule has 1 aliphatic heterocycles. The monoisotopic (exact) mass is 350 g/mol. The second-order valence-electron chi connectivity index (χ2n) is 7.14. The molecule has 2 amide bonds. The van der Waals surface area contributed by atoms with E-state index in [9.17, 15) is 18.4 Å². The predicted molar refractivity (Wildman–Crippen MR) is 91.0 cm³/mol. The Morgan fingerprint density at radius 2 is 1.96 bits per heavy atom. The molecule has 0 bridgehead atoms. The fourth-order valence-corrected chi connectivity index (χ4v) is 3.85. The van der Waals surface area contributed by atoms with Gasteiger partial charge in [-0.25, -0.2) is 8.78 Å². The molecule has 25 heavy (non-hydrogen) atoms. The third-order valence-electron chi connectivity index (χ3n) is 5.47. The maximum Gasteiger partial charge on any atom is 0.227 e. The van der Waals surface area contributed by atoms with Gasteiger partial charge in [0.15, 0.2) is 0 Å². The minimum atomic E-state index is -0.785. The predicted octanol–water partition coefficient (Wildman–Crippen LogP) is 3.40. The van der Waals surface area contributed by atoms with Crippen molar-refractivity contribution in [2.24, 2.45) is 11.8 Å². The van der Waals surface area contributed by atoms with Crippen LogP contribution in [0.15, 0.2) is 18.2 Å². The van der Waals surface area contributed by atoms with E-state index >= 15 is 0 Å². The first-order valence-corrected chi connectivity index (χ1v) is 9.03. The van der Waals surface area contributed by atoms with Crippen molar-refractivity contribution >= 4 is 17.5 Å². The summed E-state index contributed by atoms with van der Waals surface area (Å²) >= 11 is 0. The smallest absolute Gasteiger partial charge is 0.227 e. The van der Waals surface area contributed by atoms with Gasteiger partial charge in [-0.2, -0.15) is 0 Å². The number of benzene rings is 1. The molecular formula is C19H24F2N2O2. The van der Waals surface area contributed by atoms with Gasteiger partial charge in [-0.1, -0.05) is 13.3 Å². The van der Waals surface area contributed by atoms with Crippen LogP contribution in [0.2, 0.25) is 0 Å². The van der Waals surface area contributed by atoms with Gasteiger partial charge < -0.3 is 10.2 Å². The lowest BCUT2D eigenvalue weighted by atomic mass is 9.84. The molecule has 1 unspecified atom stereocenters. The third-order valence-corrected chi connectivity index (χ3v) is 5.47. The van der Waals surface area contributed by atoms with E-state index in [0.717, 1.165) is 43.7 Å². The maximum atomic E-state index is 13.9. The Balaban J connectivity index is 1.59. The molecule has 0 aromatic heterocycles. The van der Waals surface area contributed by atoms with E-state index in [1.165, 1.54) is 17.4 Å². The van der Waals surface area contributed by atoms with E-state index < -0.39 is 17.6 Å². The summed E-state index contributed by atoms with van der Waals surface area (Å²) in [7, 11) is 0. The third kappa shape index (κ3) is 3.99. The zero-order chi connectivity index (χ0) is 18.0. The standard InChI is InChI=1S/C19H24F2N2O2/c1-2-12-3-6-15(7-4-12)22-19(25)13-9-18(24)23(11-13)17-8-5-14(20)10-16(17)21/h5,8,10,12-13,15H,2-4,6-7,9,11H2,1H3,(H,22,25). The van der Waals surface area contributed by atoms with Gasteiger partial charge in [0.2, 0.25) is 11.8 Å². The normalized spacial score (nSPS) is 26.8. The van der Waals surface area contributed by atoms with Crippen molar-refractivity contribution in [2.45, 2.75) is 51.5 Å². The molecule has 6 heteroatoms. The van der Waals surface area contributed by atoms with Crippen LogP contribution in [0.25, 0.3) is 0 Å². The highest BCUT2D eigenvalue weighted by atomic mass is 19.1. The van der Waals surface area contributed by atoms with Crippen LogP contribution < -0.4 is 10.2 Å². The largest absolute Gasteiger partial charge is 0.353 e. The topological polar surface area (TPSA) is 49.4 Å². The Kier molecular flexibility index (Phi) is 5.35. The van der Waals surface area contributed by atoms with Crippen molar-refractivity contribution in [2.75, 3.05) is 11.4 Å². The second kappa shape index (κ2) is 7.50. The molecule has 4 nitrogen and oxygen atoms in total. The van der Waals surface area contributed by atoms with Crippen molar-refractivity contribution in [3.8, 4) is 0 Å². The number of anilines is 1. The van der Waals surface area contributed by atoms with E-state index in [1.807, 2.05) is 0 Å². The van der Waals surface area contributed by atoms with Crippen LogP contribution in [0.1, 0.15) is 45.4 Å². The van der Waals surface area contributed by atoms with Gasteiger partial charge >= 0.3 is 0 Å². The van der Waals surface area contributed by atoms with E-state index in [2.05, 4.69) is 12.2 Å². The average molecular weight is 350 g/mol. The molecule has 1 N–H and O–H groups in total. The minimum absolute atomic E-state index is 0.0325. The van der Waals surface area contributed by atoms with Gasteiger partial charge in [0.1, 0.15) is 11.6 Å². The second-order valence-corrected chi connectivity index (χ2v) is 7.14. The fourth-order valence-electron chi connectivity index (χ4n) is 3.85. The van der Waals surface area contributed by atoms with Gasteiger partial charge in [0, 0.05) is 25.1 Å². The summed E-state index contributed by atoms with van der Waals surface area (Å²) < 4.78 is 27.0. The zero-order valence-electron chi connectivity index (χ0n) is 14.4. The maximum absolute atomic E-state index is 13.9. The number of carbonyl (C=O) groups excluding carboxylic acids is 2. The lowest BCUT2D eigenvalue weighted by molar-refractivity contribution is -0.127. The number of nitrogens with one attached hydrogen (secondary N) is 1. The molecule has 1 aromatic carbocycles. The first-order valence-electron chi connectivity index (χ1n) is 9.03. The van der Waals surface area contributed by atoms with Gasteiger partial charge in [-0.05, 0) is 43.7 Å². The highest BCUT2D eigenvalue weighted by Crippen LogP contribution is 2.29. The van der Waals surface area contributed by atoms with Crippen LogP contribution in [-0.4, -0.2) is 24.4 Å². The first kappa shape index (κ1) is 17.8. The minimum Gasteiger partial charge on any atom is -0.353 e. The molecule has 136 valence electrons. The Hall–Kier alpha value is -1.98. The molecule has 3 rings (SSSR count). The van der Waals surface area contributed by atoms with E-state index in [0.29, 0.717) is 0 Å². The number of carbonyl (C=O) groups is 2. The Bertz CT molecular complexity index is 657. The summed E-state index contributed by atoms with van der Waals surface area (Å²) in [5.74, 6) is -1.66. The van der Waals surface area contributed by atoms with Crippen molar-refractivity contribution in [3.05, 3.63) is 29.8 Å². The highest BCUT2D eigenvalue weighted by Gasteiger charge is 2.37. The van der Waals surface area contributed by atoms with Crippen LogP contribution in [-0.2, 0) is 9.59 Å². The summed E-state index contributed by atoms with van der Waals surface area (Å²) in [5.41, 5.74) is 0.0325. The lowest BCUT2D eigenvalue weighted by Crippen LogP contribution is -2.41. The van der Waals surface area contributed by atoms with Gasteiger partial charge in [0.05, 0.1) is 11.6 Å². The molecule has 1 saturated heterocycles. The Morgan fingerprint density at radius 3 is 2.60 bits per heavy atom. The number of hydrogen-bond acceptors (Lipinski definition) is 2. The Labute approximate surface area is 146 Å². The number of halogens is 2. The van der Waals surface area contributed by atoms with E-state index in [4.69, 9.17) is 0 Å². The van der Waals surface area contributed by atoms with Crippen LogP contribution >= 0.6 is 0 Å². The molecular weight excluding hydrogens is 326 g/mol. The Morgan fingerprint density at radius 1 is 1.24 bits per heavy atom. The van der Waals surface area contributed by atoms with E-state index in [-0.39, 0.29) is 36.5 Å². The zero-order valence-corrected chi connectivity index (χ0v) is 14.4. The number of amides is 2. The lowest BCUT2D eigenvalue weighted by Gasteiger charge is -2.29. The van der Waals surface area contributed by atoms with Crippen molar-refractivity contribution < 1.29 is 18.4 Å². The summed E-state index contributed by atoms with van der Waals surface area (Å²) in [6.07, 6.45) is 5.43. The number of nitrogens with zero attached hydrogens (tertiary/aromatic N) is 1. The molecule has 2 fully saturated rings. The average Bonchev–Trinajstić information content (AvgIpc) is 2.97. The van der Waals surface area contributed by atoms with Crippen LogP contribution in [0, 0.1) is 23.5 Å². The first-order chi connectivity index (χ1) is 12.0. The summed E-state index contributed by atoms with van der Waals surface area (Å²) in [6, 6.07) is 3.28. The number of hydrogen-bond donors (Lipinski definition) is 1. The van der Waals surface area contributed by atoms with Gasteiger partial charge in [-0.15, -0.1) is 0 Å². The van der Waals surface area contributed by atoms with E-state index in [1.54, 1.807) is 0 Å². The van der Waals surface area contributed by atoms with Gasteiger partial charge in [-0.3, -0.25) is 9.59 Å². The van der Waals surface area contributed by atoms with Crippen molar-refractivity contribution in [1.29, 1.82) is 0 Å². The molecule has 1 saturated carbocycles. The van der Waals surface area contributed by atoms with Crippen LogP contribution in [0.4, 0.5) is 14.5 Å². The fraction of sp³-hybridized carbons (Fsp3) is 0.579. The van der Waals surface area contributed by atoms with Crippen molar-refractivity contribution in [1.82, 2.24) is 5.32 Å². The SMILES string of the molecule is CCC1CCC(NC(=O)C2CC(=O)N(c3ccc(F)cc3F)C2)CC1. The summed E-state index contributed by atoms with van der Waals surface area (Å²) in [5, 5.41) is 3.05. The highest BCUT2D eigenvalue weighted by molar-refractivity contribution is 6.00.